The molecule has 0 aliphatic heterocycles. The second-order valence-electron chi connectivity index (χ2n) is 6.37. The highest BCUT2D eigenvalue weighted by atomic mass is 32.2. The molecule has 0 bridgehead atoms. The van der Waals surface area contributed by atoms with Crippen molar-refractivity contribution in [3.8, 4) is 11.1 Å². The Morgan fingerprint density at radius 3 is 2.67 bits per heavy atom. The molecule has 0 unspecified atom stereocenters. The lowest BCUT2D eigenvalue weighted by molar-refractivity contribution is -0.147. The third-order valence-electron chi connectivity index (χ3n) is 4.29. The van der Waals surface area contributed by atoms with Gasteiger partial charge in [-0.2, -0.15) is 0 Å². The van der Waals surface area contributed by atoms with Gasteiger partial charge >= 0.3 is 5.97 Å². The van der Waals surface area contributed by atoms with Crippen LogP contribution in [-0.4, -0.2) is 27.3 Å². The first kappa shape index (κ1) is 19.6. The summed E-state index contributed by atoms with van der Waals surface area (Å²) >= 11 is 2.70. The summed E-state index contributed by atoms with van der Waals surface area (Å²) in [5, 5.41) is 0.583. The molecule has 0 saturated heterocycles. The number of fused-ring (bicyclic) bond motifs is 1. The third kappa shape index (κ3) is 4.25. The lowest BCUT2D eigenvalue weighted by Gasteiger charge is -2.14. The summed E-state index contributed by atoms with van der Waals surface area (Å²) < 4.78 is 5.36. The molecule has 0 saturated carbocycles. The van der Waals surface area contributed by atoms with E-state index in [9.17, 15) is 9.59 Å². The van der Waals surface area contributed by atoms with Crippen LogP contribution >= 0.6 is 23.1 Å². The van der Waals surface area contributed by atoms with Gasteiger partial charge in [-0.05, 0) is 32.8 Å². The van der Waals surface area contributed by atoms with Crippen molar-refractivity contribution < 1.29 is 9.53 Å². The summed E-state index contributed by atoms with van der Waals surface area (Å²) in [6.07, 6.45) is 0.643. The van der Waals surface area contributed by atoms with Crippen LogP contribution in [-0.2, 0) is 9.53 Å². The number of carbonyl (C=O) groups excluding carboxylic acids is 1. The largest absolute Gasteiger partial charge is 0.462 e. The molecule has 0 radical (unpaired) electrons. The number of H-pyrrole nitrogens is 1. The Bertz CT molecular complexity index is 1010. The Hall–Kier alpha value is -2.12. The Kier molecular flexibility index (Phi) is 6.01. The van der Waals surface area contributed by atoms with Crippen molar-refractivity contribution in [2.24, 2.45) is 0 Å². The first-order valence-corrected chi connectivity index (χ1v) is 10.6. The van der Waals surface area contributed by atoms with Crippen molar-refractivity contribution in [2.45, 2.75) is 50.6 Å². The molecule has 3 rings (SSSR count). The third-order valence-corrected chi connectivity index (χ3v) is 6.25. The number of hydrogen-bond donors (Lipinski definition) is 1. The summed E-state index contributed by atoms with van der Waals surface area (Å²) in [6, 6.07) is 9.83. The highest BCUT2D eigenvalue weighted by Crippen LogP contribution is 2.36. The molecular weight excluding hydrogens is 380 g/mol. The van der Waals surface area contributed by atoms with Crippen molar-refractivity contribution in [2.75, 3.05) is 0 Å². The molecule has 27 heavy (non-hydrogen) atoms. The van der Waals surface area contributed by atoms with Gasteiger partial charge in [-0.25, -0.2) is 4.98 Å². The summed E-state index contributed by atoms with van der Waals surface area (Å²) in [5.74, 6) is -0.301. The molecule has 3 aromatic rings. The smallest absolute Gasteiger partial charge is 0.319 e. The highest BCUT2D eigenvalue weighted by molar-refractivity contribution is 8.00. The monoisotopic (exact) mass is 402 g/mol. The first-order valence-electron chi connectivity index (χ1n) is 8.86. The minimum absolute atomic E-state index is 0.122. The molecule has 2 heterocycles. The molecule has 2 aromatic heterocycles. The number of aryl methyl sites for hydroxylation is 1. The van der Waals surface area contributed by atoms with Crippen LogP contribution in [0.25, 0.3) is 21.3 Å². The minimum atomic E-state index is -0.450. The van der Waals surface area contributed by atoms with Gasteiger partial charge in [0.05, 0.1) is 11.5 Å². The lowest BCUT2D eigenvalue weighted by atomic mass is 10.0. The van der Waals surface area contributed by atoms with Gasteiger partial charge in [-0.15, -0.1) is 11.3 Å². The van der Waals surface area contributed by atoms with E-state index in [1.807, 2.05) is 51.1 Å². The van der Waals surface area contributed by atoms with Crippen LogP contribution in [0.1, 0.15) is 32.1 Å². The number of ether oxygens (including phenoxy) is 1. The number of aromatic nitrogens is 2. The normalized spacial score (nSPS) is 13.5. The molecule has 142 valence electrons. The molecule has 2 atom stereocenters. The Morgan fingerprint density at radius 2 is 2.00 bits per heavy atom. The van der Waals surface area contributed by atoms with Gasteiger partial charge in [0, 0.05) is 10.4 Å². The number of aromatic amines is 1. The van der Waals surface area contributed by atoms with Crippen LogP contribution in [0.3, 0.4) is 0 Å². The molecule has 7 heteroatoms. The van der Waals surface area contributed by atoms with Gasteiger partial charge in [0.1, 0.15) is 10.1 Å². The molecule has 0 spiro atoms. The van der Waals surface area contributed by atoms with Crippen LogP contribution < -0.4 is 5.56 Å². The van der Waals surface area contributed by atoms with E-state index in [1.165, 1.54) is 23.1 Å². The fraction of sp³-hybridized carbons (Fsp3) is 0.350. The van der Waals surface area contributed by atoms with Crippen LogP contribution in [0.15, 0.2) is 40.3 Å². The van der Waals surface area contributed by atoms with Gasteiger partial charge in [0.25, 0.3) is 5.56 Å². The van der Waals surface area contributed by atoms with E-state index in [4.69, 9.17) is 4.74 Å². The summed E-state index contributed by atoms with van der Waals surface area (Å²) in [5.41, 5.74) is 1.73. The zero-order valence-corrected chi connectivity index (χ0v) is 17.4. The van der Waals surface area contributed by atoms with Crippen LogP contribution in [0.4, 0.5) is 0 Å². The summed E-state index contributed by atoms with van der Waals surface area (Å²) in [6.45, 7) is 7.58. The predicted molar refractivity (Wildman–Crippen MR) is 112 cm³/mol. The number of esters is 1. The van der Waals surface area contributed by atoms with Gasteiger partial charge in [0.15, 0.2) is 5.16 Å². The molecule has 1 N–H and O–H groups in total. The van der Waals surface area contributed by atoms with E-state index in [0.29, 0.717) is 15.4 Å². The van der Waals surface area contributed by atoms with E-state index in [2.05, 4.69) is 9.97 Å². The van der Waals surface area contributed by atoms with E-state index < -0.39 is 5.25 Å². The topological polar surface area (TPSA) is 72.0 Å². The number of hydrogen-bond acceptors (Lipinski definition) is 6. The quantitative estimate of drug-likeness (QED) is 0.365. The van der Waals surface area contributed by atoms with Crippen LogP contribution in [0, 0.1) is 6.92 Å². The number of thiophene rings is 1. The molecule has 1 aromatic carbocycles. The number of benzene rings is 1. The fourth-order valence-electron chi connectivity index (χ4n) is 2.70. The first-order chi connectivity index (χ1) is 12.9. The number of rotatable bonds is 6. The number of nitrogens with zero attached hydrogens (tertiary/aromatic N) is 1. The maximum atomic E-state index is 12.8. The van der Waals surface area contributed by atoms with Crippen LogP contribution in [0.2, 0.25) is 0 Å². The second-order valence-corrected chi connectivity index (χ2v) is 8.90. The summed E-state index contributed by atoms with van der Waals surface area (Å²) in [4.78, 5) is 34.0. The Balaban J connectivity index is 1.92. The van der Waals surface area contributed by atoms with E-state index in [0.717, 1.165) is 22.4 Å². The molecule has 0 aliphatic carbocycles. The average molecular weight is 403 g/mol. The molecule has 0 aliphatic rings. The zero-order chi connectivity index (χ0) is 19.6. The lowest BCUT2D eigenvalue weighted by Crippen LogP contribution is -2.22. The van der Waals surface area contributed by atoms with E-state index in [1.54, 1.807) is 6.92 Å². The molecule has 5 nitrogen and oxygen atoms in total. The van der Waals surface area contributed by atoms with Crippen LogP contribution in [0.5, 0.6) is 0 Å². The number of thioether (sulfide) groups is 1. The van der Waals surface area contributed by atoms with Gasteiger partial charge in [0.2, 0.25) is 0 Å². The summed E-state index contributed by atoms with van der Waals surface area (Å²) in [7, 11) is 0. The Morgan fingerprint density at radius 1 is 1.30 bits per heavy atom. The average Bonchev–Trinajstić information content (AvgIpc) is 2.98. The highest BCUT2D eigenvalue weighted by Gasteiger charge is 2.21. The van der Waals surface area contributed by atoms with E-state index in [-0.39, 0.29) is 17.6 Å². The van der Waals surface area contributed by atoms with Gasteiger partial charge in [-0.3, -0.25) is 9.59 Å². The van der Waals surface area contributed by atoms with Gasteiger partial charge < -0.3 is 9.72 Å². The standard InChI is InChI=1S/C20H22N2O3S2/c1-5-11(2)25-19(24)13(4)27-20-21-17(23)16-15(12(3)26-18(16)22-20)14-9-7-6-8-10-14/h6-11,13H,5H2,1-4H3,(H,21,22,23)/t11-,13-/m1/s1. The molecular formula is C20H22N2O3S2. The minimum Gasteiger partial charge on any atom is -0.462 e. The fourth-order valence-corrected chi connectivity index (χ4v) is 4.59. The SMILES string of the molecule is CC[C@@H](C)OC(=O)[C@@H](C)Sc1nc2sc(C)c(-c3ccccc3)c2c(=O)[nH]1. The zero-order valence-electron chi connectivity index (χ0n) is 15.7. The van der Waals surface area contributed by atoms with Crippen molar-refractivity contribution in [1.82, 2.24) is 9.97 Å². The Labute approximate surface area is 166 Å². The van der Waals surface area contributed by atoms with Crippen molar-refractivity contribution in [3.05, 3.63) is 45.6 Å². The van der Waals surface area contributed by atoms with Crippen molar-refractivity contribution in [1.29, 1.82) is 0 Å². The van der Waals surface area contributed by atoms with Crippen molar-refractivity contribution >= 4 is 39.3 Å². The van der Waals surface area contributed by atoms with E-state index >= 15 is 0 Å². The maximum absolute atomic E-state index is 12.8. The second kappa shape index (κ2) is 8.27. The maximum Gasteiger partial charge on any atom is 0.319 e. The molecule has 0 amide bonds. The predicted octanol–water partition coefficient (Wildman–Crippen LogP) is 4.78. The number of carbonyl (C=O) groups is 1. The molecule has 0 fully saturated rings. The number of nitrogens with one attached hydrogen (secondary N) is 1. The van der Waals surface area contributed by atoms with Crippen molar-refractivity contribution in [3.63, 3.8) is 0 Å². The van der Waals surface area contributed by atoms with Gasteiger partial charge in [-0.1, -0.05) is 49.0 Å².